The van der Waals surface area contributed by atoms with Crippen LogP contribution >= 0.6 is 0 Å². The monoisotopic (exact) mass is 396 g/mol. The maximum absolute atomic E-state index is 13.7. The van der Waals surface area contributed by atoms with E-state index in [0.29, 0.717) is 37.9 Å². The lowest BCUT2D eigenvalue weighted by molar-refractivity contribution is -0.134. The Morgan fingerprint density at radius 3 is 2.41 bits per heavy atom. The SMILES string of the molecule is O=C(Cc1ccc(NS(=O)(=O)c2cc(F)ccc2F)cc1)N1CCOCC1. The van der Waals surface area contributed by atoms with Crippen molar-refractivity contribution in [2.24, 2.45) is 0 Å². The van der Waals surface area contributed by atoms with E-state index in [1.54, 1.807) is 17.0 Å². The molecule has 0 radical (unpaired) electrons. The third-order valence-corrected chi connectivity index (χ3v) is 5.50. The molecule has 6 nitrogen and oxygen atoms in total. The standard InChI is InChI=1S/C18H18F2N2O4S/c19-14-3-6-16(20)17(12-14)27(24,25)21-15-4-1-13(2-5-15)11-18(23)22-7-9-26-10-8-22/h1-6,12,21H,7-11H2. The number of hydrogen-bond acceptors (Lipinski definition) is 4. The van der Waals surface area contributed by atoms with Gasteiger partial charge in [-0.15, -0.1) is 0 Å². The maximum Gasteiger partial charge on any atom is 0.264 e. The second-order valence-electron chi connectivity index (χ2n) is 6.05. The number of carbonyl (C=O) groups is 1. The fraction of sp³-hybridized carbons (Fsp3) is 0.278. The van der Waals surface area contributed by atoms with Gasteiger partial charge in [0.05, 0.1) is 19.6 Å². The fourth-order valence-corrected chi connectivity index (χ4v) is 3.83. The molecule has 0 saturated carbocycles. The Kier molecular flexibility index (Phi) is 5.71. The lowest BCUT2D eigenvalue weighted by atomic mass is 10.1. The van der Waals surface area contributed by atoms with Crippen LogP contribution in [-0.4, -0.2) is 45.5 Å². The molecule has 0 aromatic heterocycles. The molecule has 1 saturated heterocycles. The molecule has 1 N–H and O–H groups in total. The van der Waals surface area contributed by atoms with E-state index in [9.17, 15) is 22.0 Å². The summed E-state index contributed by atoms with van der Waals surface area (Å²) >= 11 is 0. The molecule has 9 heteroatoms. The molecule has 2 aromatic carbocycles. The first-order valence-electron chi connectivity index (χ1n) is 8.27. The number of ether oxygens (including phenoxy) is 1. The molecule has 1 amide bonds. The first-order chi connectivity index (χ1) is 12.8. The third kappa shape index (κ3) is 4.81. The van der Waals surface area contributed by atoms with Crippen LogP contribution in [0.2, 0.25) is 0 Å². The van der Waals surface area contributed by atoms with E-state index in [0.717, 1.165) is 12.1 Å². The van der Waals surface area contributed by atoms with Crippen molar-refractivity contribution in [1.29, 1.82) is 0 Å². The Hall–Kier alpha value is -2.52. The molecule has 0 unspecified atom stereocenters. The second-order valence-corrected chi connectivity index (χ2v) is 7.70. The number of anilines is 1. The molecule has 1 heterocycles. The van der Waals surface area contributed by atoms with Crippen LogP contribution in [-0.2, 0) is 26.0 Å². The van der Waals surface area contributed by atoms with Crippen molar-refractivity contribution in [3.63, 3.8) is 0 Å². The topological polar surface area (TPSA) is 75.7 Å². The van der Waals surface area contributed by atoms with Gasteiger partial charge in [0.15, 0.2) is 0 Å². The number of benzene rings is 2. The zero-order valence-electron chi connectivity index (χ0n) is 14.3. The zero-order chi connectivity index (χ0) is 19.4. The van der Waals surface area contributed by atoms with Crippen molar-refractivity contribution in [3.8, 4) is 0 Å². The third-order valence-electron chi connectivity index (χ3n) is 4.11. The molecular weight excluding hydrogens is 378 g/mol. The van der Waals surface area contributed by atoms with Gasteiger partial charge >= 0.3 is 0 Å². The number of hydrogen-bond donors (Lipinski definition) is 1. The molecule has 0 spiro atoms. The summed E-state index contributed by atoms with van der Waals surface area (Å²) in [6.45, 7) is 2.14. The summed E-state index contributed by atoms with van der Waals surface area (Å²) in [6, 6.07) is 8.37. The summed E-state index contributed by atoms with van der Waals surface area (Å²) in [6.07, 6.45) is 0.186. The van der Waals surface area contributed by atoms with E-state index >= 15 is 0 Å². The molecule has 27 heavy (non-hydrogen) atoms. The van der Waals surface area contributed by atoms with Gasteiger partial charge < -0.3 is 9.64 Å². The Morgan fingerprint density at radius 2 is 1.74 bits per heavy atom. The highest BCUT2D eigenvalue weighted by Crippen LogP contribution is 2.20. The van der Waals surface area contributed by atoms with Crippen LogP contribution in [0.15, 0.2) is 47.4 Å². The number of morpholine rings is 1. The number of rotatable bonds is 5. The van der Waals surface area contributed by atoms with Crippen molar-refractivity contribution >= 4 is 21.6 Å². The summed E-state index contributed by atoms with van der Waals surface area (Å²) in [5.41, 5.74) is 0.896. The molecular formula is C18H18F2N2O4S. The summed E-state index contributed by atoms with van der Waals surface area (Å²) in [5.74, 6) is -1.93. The van der Waals surface area contributed by atoms with Gasteiger partial charge in [0, 0.05) is 18.8 Å². The fourth-order valence-electron chi connectivity index (χ4n) is 2.68. The predicted octanol–water partition coefficient (Wildman–Crippen LogP) is 2.17. The van der Waals surface area contributed by atoms with Crippen LogP contribution in [0.4, 0.5) is 14.5 Å². The molecule has 0 atom stereocenters. The van der Waals surface area contributed by atoms with Gasteiger partial charge in [-0.2, -0.15) is 0 Å². The first kappa shape index (κ1) is 19.2. The number of nitrogens with one attached hydrogen (secondary N) is 1. The van der Waals surface area contributed by atoms with Gasteiger partial charge in [0.2, 0.25) is 5.91 Å². The van der Waals surface area contributed by atoms with Gasteiger partial charge in [0.1, 0.15) is 16.5 Å². The lowest BCUT2D eigenvalue weighted by Gasteiger charge is -2.26. The molecule has 3 rings (SSSR count). The van der Waals surface area contributed by atoms with E-state index in [2.05, 4.69) is 4.72 Å². The minimum Gasteiger partial charge on any atom is -0.378 e. The zero-order valence-corrected chi connectivity index (χ0v) is 15.1. The minimum atomic E-state index is -4.27. The number of carbonyl (C=O) groups excluding carboxylic acids is 1. The van der Waals surface area contributed by atoms with Crippen LogP contribution < -0.4 is 4.72 Å². The maximum atomic E-state index is 13.7. The number of nitrogens with zero attached hydrogens (tertiary/aromatic N) is 1. The highest BCUT2D eigenvalue weighted by atomic mass is 32.2. The van der Waals surface area contributed by atoms with E-state index in [4.69, 9.17) is 4.74 Å². The highest BCUT2D eigenvalue weighted by molar-refractivity contribution is 7.92. The number of amides is 1. The quantitative estimate of drug-likeness (QED) is 0.841. The molecule has 144 valence electrons. The summed E-state index contributed by atoms with van der Waals surface area (Å²) in [7, 11) is -4.27. The molecule has 2 aromatic rings. The van der Waals surface area contributed by atoms with Gasteiger partial charge in [0.25, 0.3) is 10.0 Å². The van der Waals surface area contributed by atoms with Crippen molar-refractivity contribution in [2.45, 2.75) is 11.3 Å². The number of sulfonamides is 1. The van der Waals surface area contributed by atoms with Crippen molar-refractivity contribution in [1.82, 2.24) is 4.90 Å². The van der Waals surface area contributed by atoms with E-state index in [-0.39, 0.29) is 18.0 Å². The summed E-state index contributed by atoms with van der Waals surface area (Å²) < 4.78 is 58.9. The van der Waals surface area contributed by atoms with E-state index < -0.39 is 26.6 Å². The number of halogens is 2. The smallest absolute Gasteiger partial charge is 0.264 e. The normalized spacial score (nSPS) is 14.8. The second kappa shape index (κ2) is 8.01. The summed E-state index contributed by atoms with van der Waals surface area (Å²) in [5, 5.41) is 0. The molecule has 0 aliphatic carbocycles. The summed E-state index contributed by atoms with van der Waals surface area (Å²) in [4.78, 5) is 13.2. The molecule has 1 fully saturated rings. The van der Waals surface area contributed by atoms with Crippen molar-refractivity contribution in [2.75, 3.05) is 31.0 Å². The van der Waals surface area contributed by atoms with Crippen LogP contribution in [0.3, 0.4) is 0 Å². The van der Waals surface area contributed by atoms with Gasteiger partial charge in [-0.25, -0.2) is 17.2 Å². The average Bonchev–Trinajstić information content (AvgIpc) is 2.65. The van der Waals surface area contributed by atoms with E-state index in [1.165, 1.54) is 12.1 Å². The van der Waals surface area contributed by atoms with Crippen molar-refractivity contribution in [3.05, 3.63) is 59.7 Å². The molecule has 1 aliphatic rings. The van der Waals surface area contributed by atoms with E-state index in [1.807, 2.05) is 0 Å². The van der Waals surface area contributed by atoms with Crippen molar-refractivity contribution < 1.29 is 26.7 Å². The van der Waals surface area contributed by atoms with Gasteiger partial charge in [-0.05, 0) is 35.9 Å². The Bertz CT molecular complexity index is 927. The van der Waals surface area contributed by atoms with Crippen LogP contribution in [0, 0.1) is 11.6 Å². The van der Waals surface area contributed by atoms with Gasteiger partial charge in [-0.3, -0.25) is 9.52 Å². The average molecular weight is 396 g/mol. The Balaban J connectivity index is 1.68. The Labute approximate surface area is 155 Å². The molecule has 1 aliphatic heterocycles. The lowest BCUT2D eigenvalue weighted by Crippen LogP contribution is -2.41. The van der Waals surface area contributed by atoms with Gasteiger partial charge in [-0.1, -0.05) is 12.1 Å². The minimum absolute atomic E-state index is 0.0338. The van der Waals surface area contributed by atoms with Crippen LogP contribution in [0.1, 0.15) is 5.56 Å². The highest BCUT2D eigenvalue weighted by Gasteiger charge is 2.20. The predicted molar refractivity (Wildman–Crippen MR) is 94.7 cm³/mol. The van der Waals surface area contributed by atoms with Crippen LogP contribution in [0.5, 0.6) is 0 Å². The largest absolute Gasteiger partial charge is 0.378 e. The van der Waals surface area contributed by atoms with Crippen LogP contribution in [0.25, 0.3) is 0 Å². The molecule has 0 bridgehead atoms. The Morgan fingerprint density at radius 1 is 1.07 bits per heavy atom. The first-order valence-corrected chi connectivity index (χ1v) is 9.76.